The summed E-state index contributed by atoms with van der Waals surface area (Å²) in [6, 6.07) is 1.83. The molecule has 30 heavy (non-hydrogen) atoms. The Hall–Kier alpha value is -2.55. The quantitative estimate of drug-likeness (QED) is 0.763. The van der Waals surface area contributed by atoms with Gasteiger partial charge in [-0.3, -0.25) is 4.79 Å². The lowest BCUT2D eigenvalue weighted by molar-refractivity contribution is -0.139. The molecule has 0 bridgehead atoms. The molecule has 3 fully saturated rings. The highest BCUT2D eigenvalue weighted by Crippen LogP contribution is 2.44. The van der Waals surface area contributed by atoms with Crippen LogP contribution in [0, 0.1) is 5.41 Å². The molecule has 164 valence electrons. The van der Waals surface area contributed by atoms with Gasteiger partial charge in [-0.25, -0.2) is 9.78 Å². The summed E-state index contributed by atoms with van der Waals surface area (Å²) in [4.78, 5) is 33.1. The van der Waals surface area contributed by atoms with Crippen molar-refractivity contribution in [3.8, 4) is 11.5 Å². The second-order valence-corrected chi connectivity index (χ2v) is 8.63. The number of ether oxygens (including phenoxy) is 2. The van der Waals surface area contributed by atoms with E-state index < -0.39 is 11.5 Å². The second kappa shape index (κ2) is 8.29. The highest BCUT2D eigenvalue weighted by molar-refractivity contribution is 5.86. The van der Waals surface area contributed by atoms with Gasteiger partial charge in [0.25, 0.3) is 0 Å². The normalized spacial score (nSPS) is 29.3. The average Bonchev–Trinajstić information content (AvgIpc) is 3.03. The summed E-state index contributed by atoms with van der Waals surface area (Å²) < 4.78 is 10.4. The fourth-order valence-corrected chi connectivity index (χ4v) is 5.24. The first-order chi connectivity index (χ1) is 14.4. The van der Waals surface area contributed by atoms with Gasteiger partial charge >= 0.3 is 6.09 Å². The Labute approximate surface area is 176 Å². The molecule has 3 aliphatic rings. The third kappa shape index (κ3) is 3.90. The van der Waals surface area contributed by atoms with Crippen LogP contribution in [-0.2, 0) is 4.79 Å². The molecule has 2 amide bonds. The summed E-state index contributed by atoms with van der Waals surface area (Å²) in [5, 5.41) is 9.79. The predicted molar refractivity (Wildman–Crippen MR) is 109 cm³/mol. The van der Waals surface area contributed by atoms with Crippen molar-refractivity contribution in [2.75, 3.05) is 31.6 Å². The van der Waals surface area contributed by atoms with E-state index in [9.17, 15) is 14.7 Å². The molecular weight excluding hydrogens is 388 g/mol. The molecule has 9 nitrogen and oxygen atoms in total. The van der Waals surface area contributed by atoms with Gasteiger partial charge in [0, 0.05) is 31.7 Å². The van der Waals surface area contributed by atoms with Crippen molar-refractivity contribution < 1.29 is 24.2 Å². The Morgan fingerprint density at radius 3 is 2.73 bits per heavy atom. The van der Waals surface area contributed by atoms with E-state index in [0.29, 0.717) is 18.1 Å². The van der Waals surface area contributed by atoms with Crippen molar-refractivity contribution in [3.63, 3.8) is 0 Å². The van der Waals surface area contributed by atoms with E-state index in [4.69, 9.17) is 15.2 Å². The Balaban J connectivity index is 1.51. The van der Waals surface area contributed by atoms with Crippen molar-refractivity contribution in [2.24, 2.45) is 11.1 Å². The molecule has 9 heteroatoms. The number of aliphatic hydroxyl groups excluding tert-OH is 1. The summed E-state index contributed by atoms with van der Waals surface area (Å²) in [5.74, 6) is 1.58. The largest absolute Gasteiger partial charge is 0.493 e. The zero-order valence-electron chi connectivity index (χ0n) is 17.4. The number of carbonyl (C=O) groups is 2. The Morgan fingerprint density at radius 2 is 2.03 bits per heavy atom. The fourth-order valence-electron chi connectivity index (χ4n) is 5.24. The van der Waals surface area contributed by atoms with Crippen molar-refractivity contribution >= 4 is 17.8 Å². The van der Waals surface area contributed by atoms with Crippen molar-refractivity contribution in [1.29, 1.82) is 0 Å². The minimum absolute atomic E-state index is 0.220. The van der Waals surface area contributed by atoms with Crippen LogP contribution >= 0.6 is 0 Å². The zero-order chi connectivity index (χ0) is 21.3. The van der Waals surface area contributed by atoms with Gasteiger partial charge in [0.05, 0.1) is 24.8 Å². The summed E-state index contributed by atoms with van der Waals surface area (Å²) >= 11 is 0. The van der Waals surface area contributed by atoms with Gasteiger partial charge in [-0.2, -0.15) is 0 Å². The van der Waals surface area contributed by atoms with Gasteiger partial charge in [0.2, 0.25) is 5.91 Å². The van der Waals surface area contributed by atoms with E-state index in [1.54, 1.807) is 6.07 Å². The number of nitrogens with two attached hydrogens (primary N) is 1. The molecule has 3 N–H and O–H groups in total. The highest BCUT2D eigenvalue weighted by atomic mass is 16.5. The molecule has 1 aliphatic carbocycles. The number of rotatable bonds is 4. The van der Waals surface area contributed by atoms with Gasteiger partial charge in [-0.15, -0.1) is 0 Å². The fraction of sp³-hybridized carbons (Fsp3) is 0.667. The van der Waals surface area contributed by atoms with E-state index in [0.717, 1.165) is 58.0 Å². The van der Waals surface area contributed by atoms with Crippen LogP contribution in [0.5, 0.6) is 11.5 Å². The zero-order valence-corrected chi connectivity index (χ0v) is 17.4. The van der Waals surface area contributed by atoms with Crippen LogP contribution in [0.3, 0.4) is 0 Å². The molecule has 1 spiro atoms. The molecule has 1 atom stereocenters. The molecule has 4 rings (SSSR count). The minimum Gasteiger partial charge on any atom is -0.493 e. The number of nitrogens with zero attached hydrogens (tertiary/aromatic N) is 3. The number of amides is 2. The van der Waals surface area contributed by atoms with Crippen molar-refractivity contribution in [1.82, 2.24) is 9.88 Å². The molecular formula is C21H30N4O5. The van der Waals surface area contributed by atoms with Crippen LogP contribution in [0.4, 0.5) is 10.6 Å². The Kier molecular flexibility index (Phi) is 5.73. The van der Waals surface area contributed by atoms with Crippen LogP contribution < -0.4 is 20.1 Å². The number of hydrogen-bond acceptors (Lipinski definition) is 7. The molecule has 0 unspecified atom stereocenters. The van der Waals surface area contributed by atoms with Crippen LogP contribution in [0.15, 0.2) is 12.3 Å². The molecule has 1 aromatic rings. The first kappa shape index (κ1) is 20.7. The molecule has 1 aromatic heterocycles. The molecule has 2 aliphatic heterocycles. The van der Waals surface area contributed by atoms with Crippen molar-refractivity contribution in [3.05, 3.63) is 12.3 Å². The SMILES string of the molecule is COc1cc(OC(N)=O)cnc1N1CCC[C@@]2(CCN(C3CCC(O)CC3)C2=O)C1. The summed E-state index contributed by atoms with van der Waals surface area (Å²) in [6.45, 7) is 2.16. The van der Waals surface area contributed by atoms with Gasteiger partial charge in [-0.1, -0.05) is 0 Å². The number of pyridine rings is 1. The molecule has 2 saturated heterocycles. The third-order valence-corrected chi connectivity index (χ3v) is 6.78. The number of hydrogen-bond donors (Lipinski definition) is 2. The Bertz CT molecular complexity index is 811. The topological polar surface area (TPSA) is 118 Å². The van der Waals surface area contributed by atoms with E-state index >= 15 is 0 Å². The monoisotopic (exact) mass is 418 g/mol. The predicted octanol–water partition coefficient (Wildman–Crippen LogP) is 1.67. The number of aliphatic hydroxyl groups is 1. The van der Waals surface area contributed by atoms with E-state index in [1.807, 2.05) is 0 Å². The number of primary amides is 1. The van der Waals surface area contributed by atoms with Crippen molar-refractivity contribution in [2.45, 2.75) is 57.1 Å². The molecule has 3 heterocycles. The highest BCUT2D eigenvalue weighted by Gasteiger charge is 2.51. The lowest BCUT2D eigenvalue weighted by Gasteiger charge is -2.41. The number of carbonyl (C=O) groups excluding carboxylic acids is 2. The van der Waals surface area contributed by atoms with Crippen LogP contribution in [0.25, 0.3) is 0 Å². The molecule has 0 aromatic carbocycles. The van der Waals surface area contributed by atoms with Gasteiger partial charge in [-0.05, 0) is 44.9 Å². The smallest absolute Gasteiger partial charge is 0.410 e. The average molecular weight is 418 g/mol. The minimum atomic E-state index is -0.907. The standard InChI is InChI=1S/C21H30N4O5/c1-29-17-11-16(30-20(22)28)12-23-18(17)24-9-2-7-21(13-24)8-10-25(19(21)27)14-3-5-15(26)6-4-14/h11-12,14-15,26H,2-10,13H2,1H3,(H2,22,28)/t14?,15?,21-/m1/s1. The molecule has 1 saturated carbocycles. The third-order valence-electron chi connectivity index (χ3n) is 6.78. The van der Waals surface area contributed by atoms with E-state index in [2.05, 4.69) is 14.8 Å². The lowest BCUT2D eigenvalue weighted by Crippen LogP contribution is -2.50. The lowest BCUT2D eigenvalue weighted by atomic mass is 9.78. The second-order valence-electron chi connectivity index (χ2n) is 8.63. The number of aromatic nitrogens is 1. The van der Waals surface area contributed by atoms with Gasteiger partial charge in [0.1, 0.15) is 0 Å². The molecule has 0 radical (unpaired) electrons. The van der Waals surface area contributed by atoms with Gasteiger partial charge < -0.3 is 30.1 Å². The van der Waals surface area contributed by atoms with Crippen LogP contribution in [0.1, 0.15) is 44.9 Å². The summed E-state index contributed by atoms with van der Waals surface area (Å²) in [6.07, 6.45) is 6.23. The van der Waals surface area contributed by atoms with E-state index in [1.165, 1.54) is 13.3 Å². The maximum atomic E-state index is 13.5. The first-order valence-corrected chi connectivity index (χ1v) is 10.7. The number of methoxy groups -OCH3 is 1. The van der Waals surface area contributed by atoms with E-state index in [-0.39, 0.29) is 23.8 Å². The Morgan fingerprint density at radius 1 is 1.27 bits per heavy atom. The number of likely N-dealkylation sites (tertiary alicyclic amines) is 1. The van der Waals surface area contributed by atoms with Crippen LogP contribution in [0.2, 0.25) is 0 Å². The maximum Gasteiger partial charge on any atom is 0.410 e. The number of anilines is 1. The van der Waals surface area contributed by atoms with Crippen LogP contribution in [-0.4, -0.2) is 65.9 Å². The number of piperidine rings is 1. The first-order valence-electron chi connectivity index (χ1n) is 10.7. The van der Waals surface area contributed by atoms with Gasteiger partial charge in [0.15, 0.2) is 17.3 Å². The summed E-state index contributed by atoms with van der Waals surface area (Å²) in [7, 11) is 1.54. The maximum absolute atomic E-state index is 13.5. The summed E-state index contributed by atoms with van der Waals surface area (Å²) in [5.41, 5.74) is 4.68.